The van der Waals surface area contributed by atoms with Gasteiger partial charge in [0, 0.05) is 5.75 Å². The van der Waals surface area contributed by atoms with Crippen molar-refractivity contribution < 1.29 is 9.90 Å². The molecule has 2 aromatic rings. The van der Waals surface area contributed by atoms with Crippen LogP contribution < -0.4 is 0 Å². The van der Waals surface area contributed by atoms with E-state index in [1.807, 2.05) is 12.1 Å². The topological polar surface area (TPSA) is 66.0 Å². The first-order valence-electron chi connectivity index (χ1n) is 6.37. The molecule has 0 aliphatic heterocycles. The van der Waals surface area contributed by atoms with Crippen LogP contribution in [0.25, 0.3) is 11.0 Å². The molecule has 0 amide bonds. The van der Waals surface area contributed by atoms with Crippen molar-refractivity contribution in [1.82, 2.24) is 9.97 Å². The number of thioether (sulfide) groups is 1. The molecular weight excluding hydrogens is 260 g/mol. The molecule has 1 aliphatic rings. The first-order valence-corrected chi connectivity index (χ1v) is 7.36. The lowest BCUT2D eigenvalue weighted by molar-refractivity contribution is -0.138. The molecule has 0 atom stereocenters. The lowest BCUT2D eigenvalue weighted by Gasteiger charge is -2.09. The third-order valence-electron chi connectivity index (χ3n) is 3.61. The highest BCUT2D eigenvalue weighted by molar-refractivity contribution is 7.99. The van der Waals surface area contributed by atoms with Gasteiger partial charge in [-0.1, -0.05) is 17.8 Å². The Morgan fingerprint density at radius 1 is 1.53 bits per heavy atom. The molecule has 0 saturated heterocycles. The van der Waals surface area contributed by atoms with E-state index in [2.05, 4.69) is 23.0 Å². The summed E-state index contributed by atoms with van der Waals surface area (Å²) in [5, 5.41) is 9.78. The Bertz CT molecular complexity index is 631. The number of carboxylic acid groups (broad SMARTS) is 1. The van der Waals surface area contributed by atoms with Crippen molar-refractivity contribution in [3.63, 3.8) is 0 Å². The van der Waals surface area contributed by atoms with Crippen molar-refractivity contribution >= 4 is 28.8 Å². The van der Waals surface area contributed by atoms with Gasteiger partial charge in [-0.05, 0) is 42.9 Å². The molecule has 4 nitrogen and oxygen atoms in total. The molecular formula is C14H16N2O2S. The van der Waals surface area contributed by atoms with Gasteiger partial charge >= 0.3 is 5.97 Å². The number of nitrogens with zero attached hydrogens (tertiary/aromatic N) is 1. The van der Waals surface area contributed by atoms with Gasteiger partial charge in [0.15, 0.2) is 5.16 Å². The molecule has 100 valence electrons. The smallest absolute Gasteiger partial charge is 0.303 e. The lowest BCUT2D eigenvalue weighted by Crippen LogP contribution is -2.11. The van der Waals surface area contributed by atoms with Crippen LogP contribution in [0.4, 0.5) is 0 Å². The fraction of sp³-hybridized carbons (Fsp3) is 0.429. The second kappa shape index (κ2) is 4.56. The van der Waals surface area contributed by atoms with Crippen LogP contribution >= 0.6 is 11.8 Å². The van der Waals surface area contributed by atoms with E-state index in [1.54, 1.807) is 11.8 Å². The second-order valence-electron chi connectivity index (χ2n) is 5.42. The normalized spacial score (nSPS) is 16.7. The Balaban J connectivity index is 1.70. The summed E-state index contributed by atoms with van der Waals surface area (Å²) in [5.74, 6) is 0.135. The Morgan fingerprint density at radius 3 is 3.00 bits per heavy atom. The highest BCUT2D eigenvalue weighted by atomic mass is 32.2. The number of rotatable bonds is 5. The zero-order valence-electron chi connectivity index (χ0n) is 10.8. The van der Waals surface area contributed by atoms with Crippen LogP contribution in [0.15, 0.2) is 23.4 Å². The number of hydrogen-bond acceptors (Lipinski definition) is 3. The molecule has 3 rings (SSSR count). The van der Waals surface area contributed by atoms with Crippen LogP contribution in [-0.4, -0.2) is 26.8 Å². The Labute approximate surface area is 115 Å². The number of aliphatic carboxylic acids is 1. The summed E-state index contributed by atoms with van der Waals surface area (Å²) < 4.78 is 0. The van der Waals surface area contributed by atoms with Crippen LogP contribution in [-0.2, 0) is 4.79 Å². The van der Waals surface area contributed by atoms with Gasteiger partial charge in [-0.25, -0.2) is 4.98 Å². The SMILES string of the molecule is Cc1ccc2nc(SCC3(CC(=O)O)CC3)[nH]c2c1. The third-order valence-corrected chi connectivity index (χ3v) is 4.84. The highest BCUT2D eigenvalue weighted by Crippen LogP contribution is 2.51. The lowest BCUT2D eigenvalue weighted by atomic mass is 10.1. The van der Waals surface area contributed by atoms with Crippen molar-refractivity contribution in [3.05, 3.63) is 23.8 Å². The molecule has 0 radical (unpaired) electrons. The largest absolute Gasteiger partial charge is 0.481 e. The fourth-order valence-corrected chi connectivity index (χ4v) is 3.44. The number of hydrogen-bond donors (Lipinski definition) is 2. The van der Waals surface area contributed by atoms with Gasteiger partial charge in [0.1, 0.15) is 0 Å². The number of imidazole rings is 1. The van der Waals surface area contributed by atoms with Gasteiger partial charge < -0.3 is 10.1 Å². The maximum absolute atomic E-state index is 10.8. The van der Waals surface area contributed by atoms with Crippen LogP contribution in [0.5, 0.6) is 0 Å². The fourth-order valence-electron chi connectivity index (χ4n) is 2.26. The molecule has 1 aromatic carbocycles. The second-order valence-corrected chi connectivity index (χ2v) is 6.39. The van der Waals surface area contributed by atoms with E-state index in [1.165, 1.54) is 5.56 Å². The van der Waals surface area contributed by atoms with Crippen LogP contribution in [0.1, 0.15) is 24.8 Å². The minimum atomic E-state index is -0.696. The maximum Gasteiger partial charge on any atom is 0.303 e. The molecule has 1 heterocycles. The quantitative estimate of drug-likeness (QED) is 0.823. The zero-order valence-corrected chi connectivity index (χ0v) is 11.6. The van der Waals surface area contributed by atoms with E-state index < -0.39 is 5.97 Å². The predicted octanol–water partition coefficient (Wildman–Crippen LogP) is 3.22. The van der Waals surface area contributed by atoms with Crippen molar-refractivity contribution in [3.8, 4) is 0 Å². The maximum atomic E-state index is 10.8. The molecule has 0 spiro atoms. The zero-order chi connectivity index (χ0) is 13.5. The molecule has 0 bridgehead atoms. The van der Waals surface area contributed by atoms with Gasteiger partial charge in [0.05, 0.1) is 17.5 Å². The van der Waals surface area contributed by atoms with E-state index in [0.29, 0.717) is 0 Å². The van der Waals surface area contributed by atoms with Gasteiger partial charge in [-0.2, -0.15) is 0 Å². The van der Waals surface area contributed by atoms with Crippen molar-refractivity contribution in [1.29, 1.82) is 0 Å². The first-order chi connectivity index (χ1) is 9.06. The monoisotopic (exact) mass is 276 g/mol. The summed E-state index contributed by atoms with van der Waals surface area (Å²) >= 11 is 1.63. The Kier molecular flexibility index (Phi) is 3.01. The van der Waals surface area contributed by atoms with Crippen LogP contribution in [0.2, 0.25) is 0 Å². The molecule has 1 aliphatic carbocycles. The average Bonchev–Trinajstić information content (AvgIpc) is 2.97. The minimum absolute atomic E-state index is 0.00535. The Hall–Kier alpha value is -1.49. The van der Waals surface area contributed by atoms with Crippen LogP contribution in [0, 0.1) is 12.3 Å². The molecule has 19 heavy (non-hydrogen) atoms. The molecule has 5 heteroatoms. The molecule has 2 N–H and O–H groups in total. The van der Waals surface area contributed by atoms with Crippen molar-refractivity contribution in [2.45, 2.75) is 31.3 Å². The van der Waals surface area contributed by atoms with E-state index in [-0.39, 0.29) is 11.8 Å². The van der Waals surface area contributed by atoms with E-state index >= 15 is 0 Å². The predicted molar refractivity (Wildman–Crippen MR) is 75.5 cm³/mol. The average molecular weight is 276 g/mol. The number of aryl methyl sites for hydroxylation is 1. The summed E-state index contributed by atoms with van der Waals surface area (Å²) in [7, 11) is 0. The minimum Gasteiger partial charge on any atom is -0.481 e. The number of H-pyrrole nitrogens is 1. The number of carboxylic acids is 1. The van der Waals surface area contributed by atoms with Crippen LogP contribution in [0.3, 0.4) is 0 Å². The number of aromatic nitrogens is 2. The molecule has 0 unspecified atom stereocenters. The van der Waals surface area contributed by atoms with Gasteiger partial charge in [0.25, 0.3) is 0 Å². The summed E-state index contributed by atoms with van der Waals surface area (Å²) in [4.78, 5) is 18.6. The Morgan fingerprint density at radius 2 is 2.32 bits per heavy atom. The number of fused-ring (bicyclic) bond motifs is 1. The summed E-state index contributed by atoms with van der Waals surface area (Å²) in [6, 6.07) is 6.14. The van der Waals surface area contributed by atoms with Crippen molar-refractivity contribution in [2.24, 2.45) is 5.41 Å². The number of benzene rings is 1. The number of aromatic amines is 1. The van der Waals surface area contributed by atoms with E-state index in [9.17, 15) is 4.79 Å². The molecule has 1 saturated carbocycles. The third kappa shape index (κ3) is 2.76. The summed E-state index contributed by atoms with van der Waals surface area (Å²) in [6.07, 6.45) is 2.32. The number of nitrogens with one attached hydrogen (secondary N) is 1. The first kappa shape index (κ1) is 12.5. The number of carbonyl (C=O) groups is 1. The summed E-state index contributed by atoms with van der Waals surface area (Å²) in [5.41, 5.74) is 3.23. The van der Waals surface area contributed by atoms with E-state index in [4.69, 9.17) is 5.11 Å². The standard InChI is InChI=1S/C14H16N2O2S/c1-9-2-3-10-11(6-9)16-13(15-10)19-8-14(4-5-14)7-12(17)18/h2-3,6H,4-5,7-8H2,1H3,(H,15,16)(H,17,18). The van der Waals surface area contributed by atoms with Gasteiger partial charge in [-0.15, -0.1) is 0 Å². The molecule has 1 fully saturated rings. The van der Waals surface area contributed by atoms with Crippen molar-refractivity contribution in [2.75, 3.05) is 5.75 Å². The highest BCUT2D eigenvalue weighted by Gasteiger charge is 2.44. The van der Waals surface area contributed by atoms with Gasteiger partial charge in [0.2, 0.25) is 0 Å². The van der Waals surface area contributed by atoms with Gasteiger partial charge in [-0.3, -0.25) is 4.79 Å². The summed E-state index contributed by atoms with van der Waals surface area (Å²) in [6.45, 7) is 2.05. The van der Waals surface area contributed by atoms with E-state index in [0.717, 1.165) is 34.8 Å². The molecule has 1 aromatic heterocycles.